The minimum atomic E-state index is 0.315. The summed E-state index contributed by atoms with van der Waals surface area (Å²) in [5.41, 5.74) is 2.76. The van der Waals surface area contributed by atoms with Crippen LogP contribution in [0.3, 0.4) is 0 Å². The van der Waals surface area contributed by atoms with Crippen LogP contribution in [0.4, 0.5) is 5.69 Å². The minimum absolute atomic E-state index is 0.315. The summed E-state index contributed by atoms with van der Waals surface area (Å²) >= 11 is 1.91. The van der Waals surface area contributed by atoms with Gasteiger partial charge in [0, 0.05) is 36.6 Å². The maximum absolute atomic E-state index is 3.55. The van der Waals surface area contributed by atoms with Crippen molar-refractivity contribution < 1.29 is 0 Å². The van der Waals surface area contributed by atoms with Crippen molar-refractivity contribution in [1.29, 1.82) is 0 Å². The molecule has 1 aliphatic rings. The molecule has 0 spiro atoms. The summed E-state index contributed by atoms with van der Waals surface area (Å²) in [4.78, 5) is 2.48. The van der Waals surface area contributed by atoms with Crippen molar-refractivity contribution >= 4 is 17.4 Å². The van der Waals surface area contributed by atoms with Crippen molar-refractivity contribution in [3.63, 3.8) is 0 Å². The summed E-state index contributed by atoms with van der Waals surface area (Å²) in [5, 5.41) is 3.55. The number of hydrogen-bond donors (Lipinski definition) is 1. The number of anilines is 1. The highest BCUT2D eigenvalue weighted by atomic mass is 32.2. The highest BCUT2D eigenvalue weighted by molar-refractivity contribution is 7.99. The number of rotatable bonds is 6. The maximum Gasteiger partial charge on any atom is 0.0366 e. The monoisotopic (exact) mass is 278 g/mol. The molecule has 0 radical (unpaired) electrons. The molecule has 0 bridgehead atoms. The maximum atomic E-state index is 3.55. The Labute approximate surface area is 122 Å². The van der Waals surface area contributed by atoms with Crippen LogP contribution in [-0.2, 0) is 6.54 Å². The zero-order valence-electron chi connectivity index (χ0n) is 12.4. The lowest BCUT2D eigenvalue weighted by atomic mass is 10.1. The third-order valence-corrected chi connectivity index (χ3v) is 5.09. The van der Waals surface area contributed by atoms with Gasteiger partial charge in [-0.3, -0.25) is 0 Å². The number of benzene rings is 1. The smallest absolute Gasteiger partial charge is 0.0366 e. The molecule has 3 heteroatoms. The Morgan fingerprint density at radius 3 is 2.37 bits per heavy atom. The van der Waals surface area contributed by atoms with Gasteiger partial charge < -0.3 is 10.2 Å². The lowest BCUT2D eigenvalue weighted by Gasteiger charge is -2.22. The molecule has 1 fully saturated rings. The Balaban J connectivity index is 1.81. The van der Waals surface area contributed by atoms with Crippen molar-refractivity contribution in [3.05, 3.63) is 29.8 Å². The second-order valence-corrected chi connectivity index (χ2v) is 7.44. The van der Waals surface area contributed by atoms with Gasteiger partial charge in [0.25, 0.3) is 0 Å². The Hall–Kier alpha value is -0.670. The molecule has 1 N–H and O–H groups in total. The van der Waals surface area contributed by atoms with Gasteiger partial charge in [0.2, 0.25) is 0 Å². The molecule has 0 atom stereocenters. The zero-order chi connectivity index (χ0) is 13.7. The number of nitrogens with zero attached hydrogens (tertiary/aromatic N) is 1. The summed E-state index contributed by atoms with van der Waals surface area (Å²) in [6.07, 6.45) is 4.85. The molecule has 0 unspecified atom stereocenters. The summed E-state index contributed by atoms with van der Waals surface area (Å²) in [6, 6.07) is 9.05. The summed E-state index contributed by atoms with van der Waals surface area (Å²) < 4.78 is 0.315. The fourth-order valence-electron chi connectivity index (χ4n) is 2.38. The van der Waals surface area contributed by atoms with Gasteiger partial charge in [0.05, 0.1) is 0 Å². The van der Waals surface area contributed by atoms with Gasteiger partial charge in [-0.25, -0.2) is 0 Å². The van der Waals surface area contributed by atoms with Crippen LogP contribution in [0, 0.1) is 0 Å². The second kappa shape index (κ2) is 6.67. The standard InChI is InChI=1S/C16H26N2S/c1-16(2,19-3)13-17-12-14-6-8-15(9-7-14)18-10-4-5-11-18/h6-9,17H,4-5,10-13H2,1-3H3. The van der Waals surface area contributed by atoms with Crippen LogP contribution in [0.25, 0.3) is 0 Å². The highest BCUT2D eigenvalue weighted by Gasteiger charge is 2.15. The topological polar surface area (TPSA) is 15.3 Å². The van der Waals surface area contributed by atoms with E-state index in [9.17, 15) is 0 Å². The fraction of sp³-hybridized carbons (Fsp3) is 0.625. The minimum Gasteiger partial charge on any atom is -0.372 e. The SMILES string of the molecule is CSC(C)(C)CNCc1ccc(N2CCCC2)cc1. The first-order chi connectivity index (χ1) is 9.11. The Bertz CT molecular complexity index is 380. The molecule has 1 aliphatic heterocycles. The predicted octanol–water partition coefficient (Wildman–Crippen LogP) is 3.52. The molecular weight excluding hydrogens is 252 g/mol. The van der Waals surface area contributed by atoms with E-state index in [2.05, 4.69) is 54.6 Å². The first-order valence-corrected chi connectivity index (χ1v) is 8.43. The van der Waals surface area contributed by atoms with Crippen LogP contribution >= 0.6 is 11.8 Å². The summed E-state index contributed by atoms with van der Waals surface area (Å²) in [6.45, 7) is 9.01. The second-order valence-electron chi connectivity index (χ2n) is 5.93. The van der Waals surface area contributed by atoms with Crippen LogP contribution in [0.2, 0.25) is 0 Å². The summed E-state index contributed by atoms with van der Waals surface area (Å²) in [5.74, 6) is 0. The number of thioether (sulfide) groups is 1. The first-order valence-electron chi connectivity index (χ1n) is 7.20. The fourth-order valence-corrected chi connectivity index (χ4v) is 2.63. The van der Waals surface area contributed by atoms with E-state index in [-0.39, 0.29) is 0 Å². The van der Waals surface area contributed by atoms with Crippen LogP contribution in [0.1, 0.15) is 32.3 Å². The van der Waals surface area contributed by atoms with Gasteiger partial charge in [-0.15, -0.1) is 0 Å². The van der Waals surface area contributed by atoms with E-state index < -0.39 is 0 Å². The quantitative estimate of drug-likeness (QED) is 0.857. The lowest BCUT2D eigenvalue weighted by Crippen LogP contribution is -2.31. The van der Waals surface area contributed by atoms with Crippen molar-refractivity contribution in [2.45, 2.75) is 38.0 Å². The van der Waals surface area contributed by atoms with Gasteiger partial charge in [0.15, 0.2) is 0 Å². The number of hydrogen-bond acceptors (Lipinski definition) is 3. The van der Waals surface area contributed by atoms with Crippen molar-refractivity contribution in [2.24, 2.45) is 0 Å². The van der Waals surface area contributed by atoms with Crippen LogP contribution in [0.15, 0.2) is 24.3 Å². The van der Waals surface area contributed by atoms with Crippen molar-refractivity contribution in [2.75, 3.05) is 30.8 Å². The first kappa shape index (κ1) is 14.7. The largest absolute Gasteiger partial charge is 0.372 e. The van der Waals surface area contributed by atoms with Gasteiger partial charge in [-0.05, 0) is 50.6 Å². The average Bonchev–Trinajstić information content (AvgIpc) is 2.93. The zero-order valence-corrected chi connectivity index (χ0v) is 13.2. The van der Waals surface area contributed by atoms with Crippen molar-refractivity contribution in [3.8, 4) is 0 Å². The molecule has 106 valence electrons. The third-order valence-electron chi connectivity index (χ3n) is 3.84. The lowest BCUT2D eigenvalue weighted by molar-refractivity contribution is 0.591. The summed E-state index contributed by atoms with van der Waals surface area (Å²) in [7, 11) is 0. The number of nitrogens with one attached hydrogen (secondary N) is 1. The molecule has 1 saturated heterocycles. The molecular formula is C16H26N2S. The predicted molar refractivity (Wildman–Crippen MR) is 87.2 cm³/mol. The van der Waals surface area contributed by atoms with E-state index >= 15 is 0 Å². The average molecular weight is 278 g/mol. The van der Waals surface area contributed by atoms with Crippen molar-refractivity contribution in [1.82, 2.24) is 5.32 Å². The Kier molecular flexibility index (Phi) is 5.17. The van der Waals surface area contributed by atoms with Crippen LogP contribution in [-0.4, -0.2) is 30.6 Å². The van der Waals surface area contributed by atoms with E-state index in [1.54, 1.807) is 0 Å². The Morgan fingerprint density at radius 2 is 1.79 bits per heavy atom. The molecule has 0 amide bonds. The molecule has 0 aromatic heterocycles. The molecule has 1 heterocycles. The molecule has 1 aromatic carbocycles. The molecule has 19 heavy (non-hydrogen) atoms. The third kappa shape index (κ3) is 4.43. The van der Waals surface area contributed by atoms with Gasteiger partial charge in [0.1, 0.15) is 0 Å². The van der Waals surface area contributed by atoms with Crippen LogP contribution < -0.4 is 10.2 Å². The van der Waals surface area contributed by atoms with Gasteiger partial charge >= 0.3 is 0 Å². The van der Waals surface area contributed by atoms with Gasteiger partial charge in [-0.2, -0.15) is 11.8 Å². The van der Waals surface area contributed by atoms with Gasteiger partial charge in [-0.1, -0.05) is 12.1 Å². The molecule has 0 saturated carbocycles. The van der Waals surface area contributed by atoms with E-state index in [0.29, 0.717) is 4.75 Å². The molecule has 2 nitrogen and oxygen atoms in total. The highest BCUT2D eigenvalue weighted by Crippen LogP contribution is 2.21. The van der Waals surface area contributed by atoms with E-state index in [4.69, 9.17) is 0 Å². The van der Waals surface area contributed by atoms with E-state index in [1.165, 1.54) is 37.2 Å². The molecule has 1 aromatic rings. The molecule has 2 rings (SSSR count). The van der Waals surface area contributed by atoms with E-state index in [0.717, 1.165) is 13.1 Å². The molecule has 0 aliphatic carbocycles. The Morgan fingerprint density at radius 1 is 1.16 bits per heavy atom. The van der Waals surface area contributed by atoms with E-state index in [1.807, 2.05) is 11.8 Å². The normalized spacial score (nSPS) is 16.1. The van der Waals surface area contributed by atoms with Crippen LogP contribution in [0.5, 0.6) is 0 Å².